The molecule has 1 aromatic carbocycles. The highest BCUT2D eigenvalue weighted by Crippen LogP contribution is 2.48. The van der Waals surface area contributed by atoms with E-state index >= 15 is 0 Å². The number of rotatable bonds is 5. The Hall–Kier alpha value is -1.06. The third kappa shape index (κ3) is 2.17. The molecule has 0 bridgehead atoms. The Bertz CT molecular complexity index is 397. The Kier molecular flexibility index (Phi) is 2.81. The zero-order chi connectivity index (χ0) is 11.7. The molecule has 1 aliphatic carbocycles. The number of nitrogens with one attached hydrogen (secondary N) is 2. The zero-order valence-corrected chi connectivity index (χ0v) is 10.3. The molecule has 0 amide bonds. The molecule has 92 valence electrons. The fourth-order valence-corrected chi connectivity index (χ4v) is 2.44. The van der Waals surface area contributed by atoms with Gasteiger partial charge in [0.15, 0.2) is 0 Å². The molecule has 0 atom stereocenters. The average Bonchev–Trinajstić information content (AvgIpc) is 3.08. The van der Waals surface area contributed by atoms with E-state index in [1.165, 1.54) is 18.4 Å². The second-order valence-corrected chi connectivity index (χ2v) is 5.25. The molecule has 1 saturated carbocycles. The van der Waals surface area contributed by atoms with E-state index in [-0.39, 0.29) is 0 Å². The van der Waals surface area contributed by atoms with Gasteiger partial charge >= 0.3 is 0 Å². The number of hydrogen-bond donors (Lipinski definition) is 2. The molecule has 0 radical (unpaired) electrons. The van der Waals surface area contributed by atoms with Gasteiger partial charge in [-0.2, -0.15) is 0 Å². The first-order valence-corrected chi connectivity index (χ1v) is 6.41. The summed E-state index contributed by atoms with van der Waals surface area (Å²) in [6.07, 6.45) is 2.60. The molecule has 0 spiro atoms. The summed E-state index contributed by atoms with van der Waals surface area (Å²) in [7, 11) is 1.73. The topological polar surface area (TPSA) is 33.3 Å². The van der Waals surface area contributed by atoms with Gasteiger partial charge in [-0.1, -0.05) is 12.1 Å². The summed E-state index contributed by atoms with van der Waals surface area (Å²) in [5.74, 6) is 0.971. The fraction of sp³-hybridized carbons (Fsp3) is 0.571. The van der Waals surface area contributed by atoms with E-state index in [1.54, 1.807) is 7.11 Å². The van der Waals surface area contributed by atoms with Gasteiger partial charge in [-0.15, -0.1) is 0 Å². The molecule has 2 aliphatic rings. The van der Waals surface area contributed by atoms with Crippen molar-refractivity contribution in [3.05, 3.63) is 29.8 Å². The Morgan fingerprint density at radius 2 is 2.24 bits per heavy atom. The highest BCUT2D eigenvalue weighted by atomic mass is 16.5. The van der Waals surface area contributed by atoms with Crippen LogP contribution in [0.1, 0.15) is 18.4 Å². The standard InChI is InChI=1S/C14H20N2O/c1-17-13-4-2-3-11(7-13)14(5-6-14)10-16-12-8-15-9-12/h2-4,7,12,15-16H,5-6,8-10H2,1H3. The van der Waals surface area contributed by atoms with Gasteiger partial charge < -0.3 is 15.4 Å². The Labute approximate surface area is 103 Å². The molecule has 0 aromatic heterocycles. The third-order valence-corrected chi connectivity index (χ3v) is 4.05. The summed E-state index contributed by atoms with van der Waals surface area (Å²) < 4.78 is 5.31. The minimum atomic E-state index is 0.379. The van der Waals surface area contributed by atoms with Crippen LogP contribution in [0.3, 0.4) is 0 Å². The van der Waals surface area contributed by atoms with Crippen molar-refractivity contribution in [3.8, 4) is 5.75 Å². The predicted molar refractivity (Wildman–Crippen MR) is 68.6 cm³/mol. The van der Waals surface area contributed by atoms with Crippen LogP contribution in [-0.4, -0.2) is 32.8 Å². The van der Waals surface area contributed by atoms with Crippen LogP contribution in [0.15, 0.2) is 24.3 Å². The highest BCUT2D eigenvalue weighted by molar-refractivity contribution is 5.38. The summed E-state index contributed by atoms with van der Waals surface area (Å²) in [6.45, 7) is 3.34. The molecule has 1 aromatic rings. The van der Waals surface area contributed by atoms with Crippen molar-refractivity contribution in [2.75, 3.05) is 26.7 Å². The van der Waals surface area contributed by atoms with Gasteiger partial charge in [-0.05, 0) is 30.5 Å². The van der Waals surface area contributed by atoms with E-state index in [0.717, 1.165) is 25.4 Å². The first-order chi connectivity index (χ1) is 8.32. The minimum absolute atomic E-state index is 0.379. The van der Waals surface area contributed by atoms with Crippen molar-refractivity contribution in [1.82, 2.24) is 10.6 Å². The molecule has 0 unspecified atom stereocenters. The zero-order valence-electron chi connectivity index (χ0n) is 10.3. The fourth-order valence-electron chi connectivity index (χ4n) is 2.44. The largest absolute Gasteiger partial charge is 0.497 e. The first kappa shape index (κ1) is 11.1. The summed E-state index contributed by atoms with van der Waals surface area (Å²) in [6, 6.07) is 9.21. The lowest BCUT2D eigenvalue weighted by atomic mass is 9.95. The van der Waals surface area contributed by atoms with Crippen LogP contribution in [0, 0.1) is 0 Å². The molecule has 2 N–H and O–H groups in total. The van der Waals surface area contributed by atoms with Crippen molar-refractivity contribution in [2.24, 2.45) is 0 Å². The van der Waals surface area contributed by atoms with Crippen molar-refractivity contribution < 1.29 is 4.74 Å². The average molecular weight is 232 g/mol. The lowest BCUT2D eigenvalue weighted by Gasteiger charge is -2.30. The SMILES string of the molecule is COc1cccc(C2(CNC3CNC3)CC2)c1. The van der Waals surface area contributed by atoms with E-state index in [9.17, 15) is 0 Å². The molecular formula is C14H20N2O. The highest BCUT2D eigenvalue weighted by Gasteiger charge is 2.44. The number of benzene rings is 1. The molecule has 3 heteroatoms. The number of methoxy groups -OCH3 is 1. The first-order valence-electron chi connectivity index (χ1n) is 6.41. The Morgan fingerprint density at radius 3 is 2.82 bits per heavy atom. The molecule has 2 fully saturated rings. The maximum Gasteiger partial charge on any atom is 0.119 e. The number of ether oxygens (including phenoxy) is 1. The lowest BCUT2D eigenvalue weighted by Crippen LogP contribution is -2.56. The number of hydrogen-bond acceptors (Lipinski definition) is 3. The quantitative estimate of drug-likeness (QED) is 0.802. The van der Waals surface area contributed by atoms with Crippen LogP contribution in [-0.2, 0) is 5.41 Å². The maximum absolute atomic E-state index is 5.31. The van der Waals surface area contributed by atoms with E-state index in [0.29, 0.717) is 11.5 Å². The van der Waals surface area contributed by atoms with Gasteiger partial charge in [0.05, 0.1) is 7.11 Å². The predicted octanol–water partition coefficient (Wildman–Crippen LogP) is 1.29. The Balaban J connectivity index is 1.68. The Morgan fingerprint density at radius 1 is 1.41 bits per heavy atom. The van der Waals surface area contributed by atoms with Gasteiger partial charge in [-0.3, -0.25) is 0 Å². The van der Waals surface area contributed by atoms with Crippen LogP contribution in [0.2, 0.25) is 0 Å². The summed E-state index contributed by atoms with van der Waals surface area (Å²) in [5, 5.41) is 6.95. The van der Waals surface area contributed by atoms with Crippen molar-refractivity contribution in [1.29, 1.82) is 0 Å². The summed E-state index contributed by atoms with van der Waals surface area (Å²) in [4.78, 5) is 0. The maximum atomic E-state index is 5.31. The van der Waals surface area contributed by atoms with Gasteiger partial charge in [0.25, 0.3) is 0 Å². The van der Waals surface area contributed by atoms with Crippen LogP contribution in [0.25, 0.3) is 0 Å². The second-order valence-electron chi connectivity index (χ2n) is 5.25. The van der Waals surface area contributed by atoms with E-state index in [2.05, 4.69) is 28.8 Å². The van der Waals surface area contributed by atoms with Crippen LogP contribution < -0.4 is 15.4 Å². The molecular weight excluding hydrogens is 212 g/mol. The minimum Gasteiger partial charge on any atom is -0.497 e. The third-order valence-electron chi connectivity index (χ3n) is 4.05. The van der Waals surface area contributed by atoms with E-state index in [1.807, 2.05) is 6.07 Å². The smallest absolute Gasteiger partial charge is 0.119 e. The lowest BCUT2D eigenvalue weighted by molar-refractivity contribution is 0.353. The van der Waals surface area contributed by atoms with Crippen LogP contribution in [0.5, 0.6) is 5.75 Å². The molecule has 3 nitrogen and oxygen atoms in total. The summed E-state index contributed by atoms with van der Waals surface area (Å²) in [5.41, 5.74) is 1.81. The van der Waals surface area contributed by atoms with Gasteiger partial charge in [-0.25, -0.2) is 0 Å². The van der Waals surface area contributed by atoms with Gasteiger partial charge in [0.1, 0.15) is 5.75 Å². The molecule has 3 rings (SSSR count). The molecule has 17 heavy (non-hydrogen) atoms. The van der Waals surface area contributed by atoms with Crippen molar-refractivity contribution in [3.63, 3.8) is 0 Å². The molecule has 1 saturated heterocycles. The normalized spacial score (nSPS) is 21.9. The van der Waals surface area contributed by atoms with E-state index < -0.39 is 0 Å². The van der Waals surface area contributed by atoms with Crippen LogP contribution in [0.4, 0.5) is 0 Å². The van der Waals surface area contributed by atoms with E-state index in [4.69, 9.17) is 4.74 Å². The summed E-state index contributed by atoms with van der Waals surface area (Å²) >= 11 is 0. The molecule has 1 heterocycles. The second kappa shape index (κ2) is 4.31. The van der Waals surface area contributed by atoms with Crippen molar-refractivity contribution in [2.45, 2.75) is 24.3 Å². The monoisotopic (exact) mass is 232 g/mol. The van der Waals surface area contributed by atoms with Crippen molar-refractivity contribution >= 4 is 0 Å². The van der Waals surface area contributed by atoms with Gasteiger partial charge in [0, 0.05) is 31.1 Å². The van der Waals surface area contributed by atoms with Gasteiger partial charge in [0.2, 0.25) is 0 Å². The molecule has 1 aliphatic heterocycles. The van der Waals surface area contributed by atoms with Crippen LogP contribution >= 0.6 is 0 Å².